The second-order valence-electron chi connectivity index (χ2n) is 2.99. The number of rotatable bonds is 10. The standard InChI is InChI=1S/C9H19NO5/c1-2-3-13-6-9(12)7-15-14-5-8(10)4-11/h2,8-9,11-12H,1,3-7,10H2. The minimum atomic E-state index is -0.754. The van der Waals surface area contributed by atoms with Crippen molar-refractivity contribution in [3.8, 4) is 0 Å². The number of hydrogen-bond donors (Lipinski definition) is 3. The second kappa shape index (κ2) is 10.0. The molecule has 0 spiro atoms. The molecule has 0 aliphatic carbocycles. The number of ether oxygens (including phenoxy) is 1. The van der Waals surface area contributed by atoms with E-state index in [2.05, 4.69) is 16.4 Å². The van der Waals surface area contributed by atoms with Gasteiger partial charge < -0.3 is 20.7 Å². The van der Waals surface area contributed by atoms with Gasteiger partial charge in [0.05, 0.1) is 32.5 Å². The Labute approximate surface area is 89.2 Å². The van der Waals surface area contributed by atoms with E-state index >= 15 is 0 Å². The van der Waals surface area contributed by atoms with Crippen molar-refractivity contribution < 1.29 is 24.7 Å². The highest BCUT2D eigenvalue weighted by atomic mass is 17.2. The predicted molar refractivity (Wildman–Crippen MR) is 54.0 cm³/mol. The molecule has 0 aromatic rings. The van der Waals surface area contributed by atoms with Gasteiger partial charge in [0.15, 0.2) is 0 Å². The molecule has 0 rings (SSSR count). The molecule has 2 atom stereocenters. The third-order valence-electron chi connectivity index (χ3n) is 1.41. The molecule has 0 saturated carbocycles. The highest BCUT2D eigenvalue weighted by Crippen LogP contribution is 1.90. The van der Waals surface area contributed by atoms with Gasteiger partial charge in [-0.2, -0.15) is 0 Å². The molecule has 0 saturated heterocycles. The molecule has 6 heteroatoms. The Bertz CT molecular complexity index is 155. The van der Waals surface area contributed by atoms with Gasteiger partial charge in [-0.3, -0.25) is 0 Å². The Hall–Kier alpha value is -0.500. The average molecular weight is 221 g/mol. The fourth-order valence-corrected chi connectivity index (χ4v) is 0.650. The van der Waals surface area contributed by atoms with Crippen LogP contribution in [-0.4, -0.2) is 55.4 Å². The smallest absolute Gasteiger partial charge is 0.110 e. The molecule has 0 radical (unpaired) electrons. The SMILES string of the molecule is C=CCOCC(O)COOCC(N)CO. The number of aliphatic hydroxyl groups excluding tert-OH is 2. The topological polar surface area (TPSA) is 94.2 Å². The van der Waals surface area contributed by atoms with Gasteiger partial charge in [0.2, 0.25) is 0 Å². The third-order valence-corrected chi connectivity index (χ3v) is 1.41. The van der Waals surface area contributed by atoms with Crippen LogP contribution in [0.25, 0.3) is 0 Å². The minimum absolute atomic E-state index is 0.00467. The van der Waals surface area contributed by atoms with Crippen LogP contribution in [0.15, 0.2) is 12.7 Å². The summed E-state index contributed by atoms with van der Waals surface area (Å²) >= 11 is 0. The predicted octanol–water partition coefficient (Wildman–Crippen LogP) is -1.18. The van der Waals surface area contributed by atoms with Crippen LogP contribution in [0, 0.1) is 0 Å². The average Bonchev–Trinajstić information content (AvgIpc) is 2.24. The number of aliphatic hydroxyl groups is 2. The molecular formula is C9H19NO5. The largest absolute Gasteiger partial charge is 0.395 e. The van der Waals surface area contributed by atoms with Crippen LogP contribution in [0.4, 0.5) is 0 Å². The lowest BCUT2D eigenvalue weighted by atomic mass is 10.4. The number of hydrogen-bond acceptors (Lipinski definition) is 6. The van der Waals surface area contributed by atoms with E-state index in [4.69, 9.17) is 15.6 Å². The van der Waals surface area contributed by atoms with Gasteiger partial charge in [-0.1, -0.05) is 6.08 Å². The quantitative estimate of drug-likeness (QED) is 0.186. The summed E-state index contributed by atoms with van der Waals surface area (Å²) < 4.78 is 4.98. The fourth-order valence-electron chi connectivity index (χ4n) is 0.650. The minimum Gasteiger partial charge on any atom is -0.395 e. The summed E-state index contributed by atoms with van der Waals surface area (Å²) in [6.07, 6.45) is 0.833. The van der Waals surface area contributed by atoms with E-state index in [-0.39, 0.29) is 26.4 Å². The molecule has 0 aromatic heterocycles. The molecule has 90 valence electrons. The zero-order valence-corrected chi connectivity index (χ0v) is 8.67. The molecule has 0 bridgehead atoms. The van der Waals surface area contributed by atoms with Gasteiger partial charge in [0.25, 0.3) is 0 Å². The van der Waals surface area contributed by atoms with Gasteiger partial charge in [0.1, 0.15) is 12.7 Å². The first kappa shape index (κ1) is 14.5. The van der Waals surface area contributed by atoms with E-state index in [1.165, 1.54) is 0 Å². The molecule has 2 unspecified atom stereocenters. The van der Waals surface area contributed by atoms with Crippen molar-refractivity contribution in [1.82, 2.24) is 0 Å². The molecule has 4 N–H and O–H groups in total. The molecular weight excluding hydrogens is 202 g/mol. The van der Waals surface area contributed by atoms with Crippen LogP contribution in [0.2, 0.25) is 0 Å². The molecule has 15 heavy (non-hydrogen) atoms. The first-order valence-electron chi connectivity index (χ1n) is 4.68. The third kappa shape index (κ3) is 9.80. The van der Waals surface area contributed by atoms with Crippen LogP contribution in [0.1, 0.15) is 0 Å². The Morgan fingerprint density at radius 1 is 1.27 bits per heavy atom. The maximum absolute atomic E-state index is 9.25. The van der Waals surface area contributed by atoms with Gasteiger partial charge in [0, 0.05) is 0 Å². The first-order chi connectivity index (χ1) is 7.20. The van der Waals surface area contributed by atoms with Crippen molar-refractivity contribution in [2.45, 2.75) is 12.1 Å². The second-order valence-corrected chi connectivity index (χ2v) is 2.99. The van der Waals surface area contributed by atoms with Crippen molar-refractivity contribution in [2.24, 2.45) is 5.73 Å². The molecule has 0 amide bonds. The summed E-state index contributed by atoms with van der Waals surface area (Å²) in [5.41, 5.74) is 5.33. The molecule has 0 heterocycles. The zero-order valence-electron chi connectivity index (χ0n) is 8.67. The summed E-state index contributed by atoms with van der Waals surface area (Å²) in [6, 6.07) is -0.473. The van der Waals surface area contributed by atoms with Crippen molar-refractivity contribution in [3.05, 3.63) is 12.7 Å². The van der Waals surface area contributed by atoms with Gasteiger partial charge >= 0.3 is 0 Å². The van der Waals surface area contributed by atoms with Gasteiger partial charge in [-0.15, -0.1) is 6.58 Å². The maximum Gasteiger partial charge on any atom is 0.110 e. The normalized spacial score (nSPS) is 14.9. The number of nitrogens with two attached hydrogens (primary N) is 1. The van der Waals surface area contributed by atoms with Crippen molar-refractivity contribution in [2.75, 3.05) is 33.0 Å². The molecule has 6 nitrogen and oxygen atoms in total. The lowest BCUT2D eigenvalue weighted by molar-refractivity contribution is -0.309. The molecule has 0 aromatic carbocycles. The van der Waals surface area contributed by atoms with E-state index in [1.54, 1.807) is 6.08 Å². The monoisotopic (exact) mass is 221 g/mol. The summed E-state index contributed by atoms with van der Waals surface area (Å²) in [6.45, 7) is 3.90. The zero-order chi connectivity index (χ0) is 11.5. The summed E-state index contributed by atoms with van der Waals surface area (Å²) in [4.78, 5) is 9.29. The van der Waals surface area contributed by atoms with Crippen molar-refractivity contribution in [1.29, 1.82) is 0 Å². The fraction of sp³-hybridized carbons (Fsp3) is 0.778. The van der Waals surface area contributed by atoms with Crippen LogP contribution >= 0.6 is 0 Å². The van der Waals surface area contributed by atoms with Crippen LogP contribution in [0.5, 0.6) is 0 Å². The summed E-state index contributed by atoms with van der Waals surface area (Å²) in [5.74, 6) is 0. The van der Waals surface area contributed by atoms with Crippen LogP contribution in [0.3, 0.4) is 0 Å². The van der Waals surface area contributed by atoms with E-state index in [1.807, 2.05) is 0 Å². The van der Waals surface area contributed by atoms with E-state index in [9.17, 15) is 5.11 Å². The van der Waals surface area contributed by atoms with E-state index in [0.717, 1.165) is 0 Å². The summed E-state index contributed by atoms with van der Waals surface area (Å²) in [5, 5.41) is 17.8. The lowest BCUT2D eigenvalue weighted by Crippen LogP contribution is -2.31. The van der Waals surface area contributed by atoms with Crippen LogP contribution < -0.4 is 5.73 Å². The Morgan fingerprint density at radius 3 is 2.53 bits per heavy atom. The van der Waals surface area contributed by atoms with E-state index < -0.39 is 12.1 Å². The Kier molecular flexibility index (Phi) is 9.70. The highest BCUT2D eigenvalue weighted by Gasteiger charge is 2.06. The Balaban J connectivity index is 3.23. The Morgan fingerprint density at radius 2 is 1.93 bits per heavy atom. The molecule has 0 aliphatic rings. The molecule has 0 aliphatic heterocycles. The van der Waals surface area contributed by atoms with Gasteiger partial charge in [-0.05, 0) is 0 Å². The maximum atomic E-state index is 9.25. The van der Waals surface area contributed by atoms with E-state index in [0.29, 0.717) is 6.61 Å². The highest BCUT2D eigenvalue weighted by molar-refractivity contribution is 4.64. The van der Waals surface area contributed by atoms with Gasteiger partial charge in [-0.25, -0.2) is 9.78 Å². The summed E-state index contributed by atoms with van der Waals surface area (Å²) in [7, 11) is 0. The van der Waals surface area contributed by atoms with Crippen LogP contribution in [-0.2, 0) is 14.5 Å². The molecule has 0 fully saturated rings. The van der Waals surface area contributed by atoms with Crippen molar-refractivity contribution in [3.63, 3.8) is 0 Å². The lowest BCUT2D eigenvalue weighted by Gasteiger charge is -2.11. The van der Waals surface area contributed by atoms with Crippen molar-refractivity contribution >= 4 is 0 Å². The first-order valence-corrected chi connectivity index (χ1v) is 4.68.